The van der Waals surface area contributed by atoms with Gasteiger partial charge in [0.2, 0.25) is 24.3 Å². The van der Waals surface area contributed by atoms with Crippen molar-refractivity contribution in [3.63, 3.8) is 0 Å². The van der Waals surface area contributed by atoms with Crippen molar-refractivity contribution in [1.82, 2.24) is 10.2 Å². The molecule has 2 aliphatic rings. The van der Waals surface area contributed by atoms with Gasteiger partial charge in [0.1, 0.15) is 11.6 Å². The zero-order valence-corrected chi connectivity index (χ0v) is 20.0. The smallest absolute Gasteiger partial charge is 0.379 e. The summed E-state index contributed by atoms with van der Waals surface area (Å²) in [5, 5.41) is 17.4. The van der Waals surface area contributed by atoms with Crippen LogP contribution in [0.3, 0.4) is 0 Å². The average molecular weight is 512 g/mol. The Hall–Kier alpha value is -5.37. The fraction of sp³-hybridized carbons (Fsp3) is 0.148. The largest absolute Gasteiger partial charge is 0.490 e. The molecule has 1 atom stereocenters. The number of furan rings is 1. The van der Waals surface area contributed by atoms with E-state index in [1.807, 2.05) is 19.1 Å². The second-order valence-corrected chi connectivity index (χ2v) is 8.32. The first kappa shape index (κ1) is 23.1. The number of H-pyrrole nitrogens is 1. The quantitative estimate of drug-likeness (QED) is 0.283. The van der Waals surface area contributed by atoms with Gasteiger partial charge in [0.25, 0.3) is 0 Å². The number of nitrogens with two attached hydrogens (primary N) is 1. The van der Waals surface area contributed by atoms with E-state index in [1.165, 1.54) is 12.3 Å². The normalized spacial score (nSPS) is 15.4. The number of hydrogen-bond donors (Lipinski definition) is 2. The molecular weight excluding hydrogens is 492 g/mol. The molecule has 2 aliphatic heterocycles. The maximum atomic E-state index is 12.5. The molecule has 0 fully saturated rings. The molecule has 0 spiro atoms. The summed E-state index contributed by atoms with van der Waals surface area (Å²) in [5.41, 5.74) is 8.97. The molecule has 0 aliphatic carbocycles. The Morgan fingerprint density at radius 1 is 1.18 bits per heavy atom. The monoisotopic (exact) mass is 512 g/mol. The van der Waals surface area contributed by atoms with E-state index < -0.39 is 11.9 Å². The fourth-order valence-corrected chi connectivity index (χ4v) is 4.45. The number of aromatic nitrogens is 2. The first-order chi connectivity index (χ1) is 18.6. The van der Waals surface area contributed by atoms with Gasteiger partial charge in [-0.05, 0) is 55.0 Å². The number of carbonyl (C=O) groups is 1. The van der Waals surface area contributed by atoms with Gasteiger partial charge in [-0.1, -0.05) is 6.07 Å². The summed E-state index contributed by atoms with van der Waals surface area (Å²) in [4.78, 5) is 12.5. The molecule has 38 heavy (non-hydrogen) atoms. The molecule has 0 bridgehead atoms. The highest BCUT2D eigenvalue weighted by molar-refractivity contribution is 5.88. The van der Waals surface area contributed by atoms with Gasteiger partial charge in [0, 0.05) is 5.56 Å². The minimum atomic E-state index is -0.668. The number of allylic oxidation sites excluding steroid dienone is 1. The molecule has 6 rings (SSSR count). The van der Waals surface area contributed by atoms with E-state index in [1.54, 1.807) is 30.3 Å². The maximum absolute atomic E-state index is 12.5. The lowest BCUT2D eigenvalue weighted by Gasteiger charge is -2.25. The van der Waals surface area contributed by atoms with E-state index in [0.717, 1.165) is 5.56 Å². The number of nitriles is 1. The van der Waals surface area contributed by atoms with Crippen LogP contribution in [0.1, 0.15) is 34.5 Å². The zero-order chi connectivity index (χ0) is 26.2. The summed E-state index contributed by atoms with van der Waals surface area (Å²) in [7, 11) is 0. The number of nitrogens with zero attached hydrogens (tertiary/aromatic N) is 2. The van der Waals surface area contributed by atoms with E-state index >= 15 is 0 Å². The third-order valence-corrected chi connectivity index (χ3v) is 6.13. The molecule has 0 saturated heterocycles. The van der Waals surface area contributed by atoms with Crippen LogP contribution >= 0.6 is 0 Å². The predicted octanol–water partition coefficient (Wildman–Crippen LogP) is 4.23. The Morgan fingerprint density at radius 2 is 2.05 bits per heavy atom. The van der Waals surface area contributed by atoms with E-state index in [2.05, 4.69) is 16.3 Å². The second kappa shape index (κ2) is 9.25. The highest BCUT2D eigenvalue weighted by atomic mass is 16.7. The number of aromatic amines is 1. The molecule has 11 heteroatoms. The number of rotatable bonds is 6. The SMILES string of the molecule is CCOc1cc([C@H]2C(C#N)=C(N)Oc3n[nH]c(-c4ccc5c(c4)OCO5)c32)ccc1OC(=O)c1ccco1. The van der Waals surface area contributed by atoms with Gasteiger partial charge in [-0.3, -0.25) is 5.10 Å². The van der Waals surface area contributed by atoms with Crippen molar-refractivity contribution in [1.29, 1.82) is 5.26 Å². The molecule has 0 radical (unpaired) electrons. The summed E-state index contributed by atoms with van der Waals surface area (Å²) in [5.74, 6) is 0.653. The van der Waals surface area contributed by atoms with Gasteiger partial charge in [-0.15, -0.1) is 5.10 Å². The lowest BCUT2D eigenvalue weighted by Crippen LogP contribution is -2.21. The van der Waals surface area contributed by atoms with Crippen molar-refractivity contribution in [3.05, 3.63) is 83.1 Å². The molecule has 4 aromatic rings. The average Bonchev–Trinajstić information content (AvgIpc) is 3.69. The summed E-state index contributed by atoms with van der Waals surface area (Å²) < 4.78 is 33.1. The maximum Gasteiger partial charge on any atom is 0.379 e. The number of carbonyl (C=O) groups excluding carboxylic acids is 1. The Bertz CT molecular complexity index is 1610. The van der Waals surface area contributed by atoms with E-state index in [4.69, 9.17) is 33.8 Å². The first-order valence-electron chi connectivity index (χ1n) is 11.7. The minimum Gasteiger partial charge on any atom is -0.490 e. The lowest BCUT2D eigenvalue weighted by molar-refractivity contribution is 0.0695. The number of benzene rings is 2. The van der Waals surface area contributed by atoms with E-state index in [-0.39, 0.29) is 35.6 Å². The van der Waals surface area contributed by atoms with Crippen molar-refractivity contribution in [3.8, 4) is 46.2 Å². The number of fused-ring (bicyclic) bond motifs is 2. The lowest BCUT2D eigenvalue weighted by atomic mass is 9.83. The van der Waals surface area contributed by atoms with Crippen LogP contribution in [0.25, 0.3) is 11.3 Å². The number of nitrogens with one attached hydrogen (secondary N) is 1. The summed E-state index contributed by atoms with van der Waals surface area (Å²) in [6.45, 7) is 2.26. The number of ether oxygens (including phenoxy) is 5. The van der Waals surface area contributed by atoms with Crippen molar-refractivity contribution in [2.24, 2.45) is 5.73 Å². The number of hydrogen-bond acceptors (Lipinski definition) is 10. The fourth-order valence-electron chi connectivity index (χ4n) is 4.45. The Balaban J connectivity index is 1.44. The van der Waals surface area contributed by atoms with Crippen LogP contribution in [0, 0.1) is 11.3 Å². The standard InChI is InChI=1S/C27H20N4O7/c1-2-33-21-10-14(5-8-18(21)37-27(32)19-4-3-9-34-19)22-16(12-28)25(29)38-26-23(22)24(30-31-26)15-6-7-17-20(11-15)36-13-35-17/h3-11,22H,2,13,29H2,1H3,(H,30,31)/t22-/m0/s1. The summed E-state index contributed by atoms with van der Waals surface area (Å²) in [6.07, 6.45) is 1.38. The molecule has 2 aromatic carbocycles. The molecule has 11 nitrogen and oxygen atoms in total. The van der Waals surface area contributed by atoms with Crippen LogP contribution in [-0.2, 0) is 0 Å². The van der Waals surface area contributed by atoms with Crippen LogP contribution in [0.4, 0.5) is 0 Å². The van der Waals surface area contributed by atoms with Crippen molar-refractivity contribution in [2.45, 2.75) is 12.8 Å². The predicted molar refractivity (Wildman–Crippen MR) is 131 cm³/mol. The Morgan fingerprint density at radius 3 is 2.84 bits per heavy atom. The second-order valence-electron chi connectivity index (χ2n) is 8.32. The molecule has 0 unspecified atom stereocenters. The van der Waals surface area contributed by atoms with Crippen molar-refractivity contribution >= 4 is 5.97 Å². The molecular formula is C27H20N4O7. The molecule has 190 valence electrons. The van der Waals surface area contributed by atoms with E-state index in [0.29, 0.717) is 40.7 Å². The van der Waals surface area contributed by atoms with E-state index in [9.17, 15) is 10.1 Å². The third-order valence-electron chi connectivity index (χ3n) is 6.13. The van der Waals surface area contributed by atoms with Crippen LogP contribution in [-0.4, -0.2) is 29.6 Å². The molecule has 0 saturated carbocycles. The zero-order valence-electron chi connectivity index (χ0n) is 20.0. The van der Waals surface area contributed by atoms with Crippen LogP contribution in [0.2, 0.25) is 0 Å². The minimum absolute atomic E-state index is 0.0554. The topological polar surface area (TPSA) is 155 Å². The van der Waals surface area contributed by atoms with Crippen molar-refractivity contribution < 1.29 is 32.9 Å². The van der Waals surface area contributed by atoms with Crippen LogP contribution in [0.15, 0.2) is 70.7 Å². The van der Waals surface area contributed by atoms with Crippen molar-refractivity contribution in [2.75, 3.05) is 13.4 Å². The molecule has 0 amide bonds. The Kier molecular flexibility index (Phi) is 5.61. The van der Waals surface area contributed by atoms with Gasteiger partial charge in [-0.2, -0.15) is 5.26 Å². The molecule has 2 aromatic heterocycles. The summed E-state index contributed by atoms with van der Waals surface area (Å²) >= 11 is 0. The van der Waals surface area contributed by atoms with Gasteiger partial charge < -0.3 is 33.8 Å². The van der Waals surface area contributed by atoms with Gasteiger partial charge in [0.05, 0.1) is 30.0 Å². The van der Waals surface area contributed by atoms with Gasteiger partial charge >= 0.3 is 5.97 Å². The Labute approximate surface area is 215 Å². The third kappa shape index (κ3) is 3.84. The van der Waals surface area contributed by atoms with Crippen LogP contribution in [0.5, 0.6) is 28.9 Å². The first-order valence-corrected chi connectivity index (χ1v) is 11.7. The highest BCUT2D eigenvalue weighted by Gasteiger charge is 2.36. The number of esters is 1. The molecule has 3 N–H and O–H groups in total. The molecule has 4 heterocycles. The highest BCUT2D eigenvalue weighted by Crippen LogP contribution is 2.48. The van der Waals surface area contributed by atoms with Gasteiger partial charge in [-0.25, -0.2) is 4.79 Å². The summed E-state index contributed by atoms with van der Waals surface area (Å²) in [6, 6.07) is 15.8. The van der Waals surface area contributed by atoms with Crippen LogP contribution < -0.4 is 29.4 Å². The van der Waals surface area contributed by atoms with Gasteiger partial charge in [0.15, 0.2) is 23.0 Å².